The van der Waals surface area contributed by atoms with Crippen molar-refractivity contribution in [2.24, 2.45) is 17.4 Å². The molecule has 0 heterocycles. The van der Waals surface area contributed by atoms with Crippen LogP contribution < -0.4 is 11.5 Å². The van der Waals surface area contributed by atoms with E-state index in [1.54, 1.807) is 0 Å². The highest BCUT2D eigenvalue weighted by molar-refractivity contribution is 4.81. The number of nitrogens with two attached hydrogens (primary N) is 2. The minimum atomic E-state index is 0.426. The first-order valence-corrected chi connectivity index (χ1v) is 3.10. The van der Waals surface area contributed by atoms with Gasteiger partial charge >= 0.3 is 0 Å². The van der Waals surface area contributed by atoms with E-state index in [9.17, 15) is 0 Å². The van der Waals surface area contributed by atoms with Gasteiger partial charge in [0.15, 0.2) is 0 Å². The summed E-state index contributed by atoms with van der Waals surface area (Å²) in [6.07, 6.45) is 2.69. The molecule has 0 aliphatic rings. The Labute approximate surface area is 51.2 Å². The molecule has 0 aromatic rings. The van der Waals surface area contributed by atoms with E-state index in [0.717, 1.165) is 12.8 Å². The maximum atomic E-state index is 5.35. The lowest BCUT2D eigenvalue weighted by atomic mass is 10.0. The molecule has 0 spiro atoms. The summed E-state index contributed by atoms with van der Waals surface area (Å²) in [6, 6.07) is 0. The van der Waals surface area contributed by atoms with Crippen molar-refractivity contribution in [2.45, 2.75) is 26.7 Å². The molecule has 0 amide bonds. The first kappa shape index (κ1) is 7.92. The minimum absolute atomic E-state index is 0.426. The van der Waals surface area contributed by atoms with E-state index in [0.29, 0.717) is 12.1 Å². The standard InChI is InChI=1S/C6H15N2/c1-3-5(4-2)6(7)8/h5H,3-4,7-8H2,1-2H3. The largest absolute Gasteiger partial charge is 0.311 e. The molecule has 0 saturated heterocycles. The van der Waals surface area contributed by atoms with Crippen molar-refractivity contribution in [3.8, 4) is 0 Å². The molecule has 0 aromatic carbocycles. The Morgan fingerprint density at radius 2 is 1.62 bits per heavy atom. The second-order valence-electron chi connectivity index (χ2n) is 2.01. The van der Waals surface area contributed by atoms with Crippen molar-refractivity contribution in [1.82, 2.24) is 0 Å². The molecular formula is C6H15N2. The lowest BCUT2D eigenvalue weighted by Crippen LogP contribution is -2.28. The molecule has 2 heteroatoms. The zero-order valence-corrected chi connectivity index (χ0v) is 5.65. The van der Waals surface area contributed by atoms with Crippen LogP contribution in [0.4, 0.5) is 0 Å². The minimum Gasteiger partial charge on any atom is -0.311 e. The van der Waals surface area contributed by atoms with Gasteiger partial charge in [0.25, 0.3) is 0 Å². The first-order valence-electron chi connectivity index (χ1n) is 3.10. The normalized spacial score (nSPS) is 11.2. The number of hydrogen-bond donors (Lipinski definition) is 2. The lowest BCUT2D eigenvalue weighted by molar-refractivity contribution is 0.494. The van der Waals surface area contributed by atoms with Gasteiger partial charge in [-0.2, -0.15) is 0 Å². The van der Waals surface area contributed by atoms with E-state index < -0.39 is 0 Å². The molecule has 0 bridgehead atoms. The average molecular weight is 115 g/mol. The molecule has 0 saturated carbocycles. The molecule has 0 rings (SSSR count). The van der Waals surface area contributed by atoms with Crippen molar-refractivity contribution >= 4 is 0 Å². The van der Waals surface area contributed by atoms with Crippen LogP contribution >= 0.6 is 0 Å². The summed E-state index contributed by atoms with van der Waals surface area (Å²) in [6.45, 7) is 4.18. The van der Waals surface area contributed by atoms with E-state index in [4.69, 9.17) is 11.5 Å². The summed E-state index contributed by atoms with van der Waals surface area (Å²) in [4.78, 5) is 0. The molecule has 0 unspecified atom stereocenters. The van der Waals surface area contributed by atoms with Crippen LogP contribution in [0, 0.1) is 12.1 Å². The molecule has 0 fully saturated rings. The smallest absolute Gasteiger partial charge is 0.0987 e. The second-order valence-corrected chi connectivity index (χ2v) is 2.01. The van der Waals surface area contributed by atoms with E-state index in [2.05, 4.69) is 13.8 Å². The molecule has 0 aliphatic carbocycles. The zero-order valence-electron chi connectivity index (χ0n) is 5.65. The van der Waals surface area contributed by atoms with Crippen molar-refractivity contribution in [3.63, 3.8) is 0 Å². The summed E-state index contributed by atoms with van der Waals surface area (Å²) < 4.78 is 0. The van der Waals surface area contributed by atoms with Crippen LogP contribution in [0.5, 0.6) is 0 Å². The fourth-order valence-corrected chi connectivity index (χ4v) is 0.760. The summed E-state index contributed by atoms with van der Waals surface area (Å²) in [5.74, 6) is 0.426. The molecule has 8 heavy (non-hydrogen) atoms. The van der Waals surface area contributed by atoms with Crippen molar-refractivity contribution in [1.29, 1.82) is 0 Å². The molecule has 0 atom stereocenters. The molecule has 0 aliphatic heterocycles. The van der Waals surface area contributed by atoms with Crippen molar-refractivity contribution in [3.05, 3.63) is 6.17 Å². The van der Waals surface area contributed by atoms with Crippen LogP contribution in [0.15, 0.2) is 0 Å². The van der Waals surface area contributed by atoms with E-state index in [-0.39, 0.29) is 0 Å². The Morgan fingerprint density at radius 1 is 1.25 bits per heavy atom. The van der Waals surface area contributed by atoms with Crippen LogP contribution in [0.1, 0.15) is 26.7 Å². The lowest BCUT2D eigenvalue weighted by Gasteiger charge is -2.13. The third-order valence-corrected chi connectivity index (χ3v) is 1.46. The average Bonchev–Trinajstić information content (AvgIpc) is 1.69. The van der Waals surface area contributed by atoms with Crippen LogP contribution in [0.3, 0.4) is 0 Å². The summed E-state index contributed by atoms with van der Waals surface area (Å²) in [7, 11) is 0. The maximum absolute atomic E-state index is 5.35. The fourth-order valence-electron chi connectivity index (χ4n) is 0.760. The number of rotatable bonds is 3. The van der Waals surface area contributed by atoms with Crippen LogP contribution in [0.25, 0.3) is 0 Å². The van der Waals surface area contributed by atoms with Crippen molar-refractivity contribution < 1.29 is 0 Å². The van der Waals surface area contributed by atoms with Gasteiger partial charge in [-0.3, -0.25) is 0 Å². The molecule has 1 radical (unpaired) electrons. The van der Waals surface area contributed by atoms with Crippen LogP contribution in [-0.2, 0) is 0 Å². The Bertz CT molecular complexity index is 48.5. The van der Waals surface area contributed by atoms with E-state index in [1.807, 2.05) is 0 Å². The predicted molar refractivity (Wildman–Crippen MR) is 35.7 cm³/mol. The zero-order chi connectivity index (χ0) is 6.57. The van der Waals surface area contributed by atoms with Gasteiger partial charge < -0.3 is 11.5 Å². The molecule has 4 N–H and O–H groups in total. The number of hydrogen-bond acceptors (Lipinski definition) is 2. The topological polar surface area (TPSA) is 52.0 Å². The van der Waals surface area contributed by atoms with Gasteiger partial charge in [-0.15, -0.1) is 0 Å². The Balaban J connectivity index is 3.35. The third kappa shape index (κ3) is 2.28. The molecule has 49 valence electrons. The van der Waals surface area contributed by atoms with Gasteiger partial charge in [0.05, 0.1) is 6.17 Å². The van der Waals surface area contributed by atoms with Gasteiger partial charge in [0, 0.05) is 0 Å². The Morgan fingerprint density at radius 3 is 1.62 bits per heavy atom. The SMILES string of the molecule is CCC(CC)[C](N)N. The highest BCUT2D eigenvalue weighted by Crippen LogP contribution is 2.11. The maximum Gasteiger partial charge on any atom is 0.0987 e. The third-order valence-electron chi connectivity index (χ3n) is 1.46. The molecule has 0 aromatic heterocycles. The molecular weight excluding hydrogens is 100 g/mol. The quantitative estimate of drug-likeness (QED) is 0.572. The van der Waals surface area contributed by atoms with Gasteiger partial charge in [0.2, 0.25) is 0 Å². The molecule has 2 nitrogen and oxygen atoms in total. The Hall–Kier alpha value is -0.0800. The van der Waals surface area contributed by atoms with E-state index in [1.165, 1.54) is 0 Å². The highest BCUT2D eigenvalue weighted by Gasteiger charge is 2.08. The predicted octanol–water partition coefficient (Wildman–Crippen LogP) is 0.829. The van der Waals surface area contributed by atoms with Gasteiger partial charge in [-0.1, -0.05) is 26.7 Å². The van der Waals surface area contributed by atoms with Crippen LogP contribution in [-0.4, -0.2) is 0 Å². The van der Waals surface area contributed by atoms with Gasteiger partial charge in [0.1, 0.15) is 0 Å². The van der Waals surface area contributed by atoms with E-state index >= 15 is 0 Å². The van der Waals surface area contributed by atoms with Gasteiger partial charge in [-0.05, 0) is 5.92 Å². The second kappa shape index (κ2) is 3.87. The fraction of sp³-hybridized carbons (Fsp3) is 0.833. The highest BCUT2D eigenvalue weighted by atomic mass is 14.9. The summed E-state index contributed by atoms with van der Waals surface area (Å²) in [5, 5.41) is 0. The monoisotopic (exact) mass is 115 g/mol. The Kier molecular flexibility index (Phi) is 3.83. The first-order chi connectivity index (χ1) is 3.72. The van der Waals surface area contributed by atoms with Crippen LogP contribution in [0.2, 0.25) is 0 Å². The van der Waals surface area contributed by atoms with Crippen molar-refractivity contribution in [2.75, 3.05) is 0 Å². The summed E-state index contributed by atoms with van der Waals surface area (Å²) >= 11 is 0. The summed E-state index contributed by atoms with van der Waals surface area (Å²) in [5.41, 5.74) is 10.7. The van der Waals surface area contributed by atoms with Gasteiger partial charge in [-0.25, -0.2) is 0 Å².